The number of piperazine rings is 1. The van der Waals surface area contributed by atoms with Crippen molar-refractivity contribution < 1.29 is 4.79 Å². The molecular formula is C18H30N4O. The molecule has 1 aliphatic heterocycles. The monoisotopic (exact) mass is 318 g/mol. The van der Waals surface area contributed by atoms with Gasteiger partial charge in [-0.05, 0) is 50.6 Å². The predicted octanol–water partition coefficient (Wildman–Crippen LogP) is 1.72. The Morgan fingerprint density at radius 3 is 2.57 bits per heavy atom. The third kappa shape index (κ3) is 5.52. The van der Waals surface area contributed by atoms with E-state index >= 15 is 0 Å². The van der Waals surface area contributed by atoms with Gasteiger partial charge in [0.15, 0.2) is 0 Å². The molecule has 3 N–H and O–H groups in total. The van der Waals surface area contributed by atoms with E-state index in [0.717, 1.165) is 38.0 Å². The molecule has 0 bridgehead atoms. The zero-order valence-corrected chi connectivity index (χ0v) is 14.5. The quantitative estimate of drug-likeness (QED) is 0.594. The van der Waals surface area contributed by atoms with Gasteiger partial charge in [0.05, 0.1) is 0 Å². The molecule has 1 heterocycles. The number of nitrogens with zero attached hydrogens (tertiary/aromatic N) is 2. The summed E-state index contributed by atoms with van der Waals surface area (Å²) in [6.45, 7) is 11.9. The summed E-state index contributed by atoms with van der Waals surface area (Å²) in [6, 6.07) is 5.46. The molecule has 0 saturated carbocycles. The molecule has 1 aromatic carbocycles. The van der Waals surface area contributed by atoms with Crippen molar-refractivity contribution in [3.63, 3.8) is 0 Å². The predicted molar refractivity (Wildman–Crippen MR) is 95.7 cm³/mol. The van der Waals surface area contributed by atoms with Crippen LogP contribution in [-0.4, -0.2) is 61.5 Å². The Kier molecular flexibility index (Phi) is 6.86. The van der Waals surface area contributed by atoms with E-state index < -0.39 is 0 Å². The van der Waals surface area contributed by atoms with Gasteiger partial charge in [-0.15, -0.1) is 0 Å². The Morgan fingerprint density at radius 1 is 1.17 bits per heavy atom. The minimum absolute atomic E-state index is 0.0219. The van der Waals surface area contributed by atoms with Crippen LogP contribution in [0.3, 0.4) is 0 Å². The Morgan fingerprint density at radius 2 is 1.87 bits per heavy atom. The molecule has 1 fully saturated rings. The van der Waals surface area contributed by atoms with Gasteiger partial charge in [0.1, 0.15) is 0 Å². The van der Waals surface area contributed by atoms with Crippen LogP contribution in [0.15, 0.2) is 18.2 Å². The van der Waals surface area contributed by atoms with Crippen LogP contribution in [0, 0.1) is 6.92 Å². The summed E-state index contributed by atoms with van der Waals surface area (Å²) < 4.78 is 0. The molecule has 0 radical (unpaired) electrons. The summed E-state index contributed by atoms with van der Waals surface area (Å²) in [6.07, 6.45) is 2.14. The minimum Gasteiger partial charge on any atom is -0.399 e. The number of carbonyl (C=O) groups excluding carboxylic acids is 1. The molecule has 1 aromatic rings. The Balaban J connectivity index is 1.62. The van der Waals surface area contributed by atoms with E-state index in [0.29, 0.717) is 11.3 Å². The maximum absolute atomic E-state index is 12.2. The molecule has 0 aromatic heterocycles. The van der Waals surface area contributed by atoms with Crippen molar-refractivity contribution in [3.8, 4) is 0 Å². The maximum Gasteiger partial charge on any atom is 0.251 e. The highest BCUT2D eigenvalue weighted by atomic mass is 16.1. The number of rotatable bonds is 7. The van der Waals surface area contributed by atoms with Crippen molar-refractivity contribution in [2.24, 2.45) is 0 Å². The largest absolute Gasteiger partial charge is 0.399 e. The van der Waals surface area contributed by atoms with E-state index in [1.54, 1.807) is 6.07 Å². The van der Waals surface area contributed by atoms with Crippen LogP contribution < -0.4 is 11.1 Å². The number of carbonyl (C=O) groups is 1. The second-order valence-corrected chi connectivity index (χ2v) is 6.31. The van der Waals surface area contributed by atoms with Gasteiger partial charge in [0.25, 0.3) is 5.91 Å². The molecule has 0 atom stereocenters. The number of benzene rings is 1. The third-order valence-electron chi connectivity index (χ3n) is 4.61. The van der Waals surface area contributed by atoms with Gasteiger partial charge in [0, 0.05) is 44.0 Å². The first-order valence-electron chi connectivity index (χ1n) is 8.69. The fourth-order valence-corrected chi connectivity index (χ4v) is 2.97. The van der Waals surface area contributed by atoms with Crippen LogP contribution >= 0.6 is 0 Å². The standard InChI is InChI=1S/C18H30N4O/c1-3-21-10-12-22(13-11-21)9-5-4-8-20-18(23)17-14-16(19)7-6-15(17)2/h6-7,14H,3-5,8-13,19H2,1-2H3,(H,20,23). The normalized spacial score (nSPS) is 16.4. The molecule has 23 heavy (non-hydrogen) atoms. The first-order valence-corrected chi connectivity index (χ1v) is 8.69. The van der Waals surface area contributed by atoms with Crippen molar-refractivity contribution in [1.82, 2.24) is 15.1 Å². The lowest BCUT2D eigenvalue weighted by molar-refractivity contribution is 0.0951. The lowest BCUT2D eigenvalue weighted by atomic mass is 10.1. The average molecular weight is 318 g/mol. The van der Waals surface area contributed by atoms with Crippen molar-refractivity contribution in [3.05, 3.63) is 29.3 Å². The van der Waals surface area contributed by atoms with E-state index in [9.17, 15) is 4.79 Å². The zero-order valence-electron chi connectivity index (χ0n) is 14.5. The topological polar surface area (TPSA) is 61.6 Å². The number of hydrogen-bond donors (Lipinski definition) is 2. The SMILES string of the molecule is CCN1CCN(CCCCNC(=O)c2cc(N)ccc2C)CC1. The van der Waals surface area contributed by atoms with Crippen LogP contribution in [0.25, 0.3) is 0 Å². The van der Waals surface area contributed by atoms with Crippen molar-refractivity contribution >= 4 is 11.6 Å². The Labute approximate surface area is 139 Å². The Hall–Kier alpha value is -1.59. The van der Waals surface area contributed by atoms with E-state index in [1.165, 1.54) is 26.2 Å². The maximum atomic E-state index is 12.2. The van der Waals surface area contributed by atoms with E-state index in [4.69, 9.17) is 5.73 Å². The lowest BCUT2D eigenvalue weighted by Crippen LogP contribution is -2.46. The second-order valence-electron chi connectivity index (χ2n) is 6.31. The third-order valence-corrected chi connectivity index (χ3v) is 4.61. The highest BCUT2D eigenvalue weighted by Crippen LogP contribution is 2.12. The van der Waals surface area contributed by atoms with E-state index in [2.05, 4.69) is 22.0 Å². The summed E-state index contributed by atoms with van der Waals surface area (Å²) >= 11 is 0. The molecule has 5 nitrogen and oxygen atoms in total. The van der Waals surface area contributed by atoms with Crippen molar-refractivity contribution in [1.29, 1.82) is 0 Å². The molecule has 128 valence electrons. The fourth-order valence-electron chi connectivity index (χ4n) is 2.97. The van der Waals surface area contributed by atoms with E-state index in [-0.39, 0.29) is 5.91 Å². The van der Waals surface area contributed by atoms with Crippen molar-refractivity contribution in [2.75, 3.05) is 51.5 Å². The lowest BCUT2D eigenvalue weighted by Gasteiger charge is -2.33. The number of aryl methyl sites for hydroxylation is 1. The van der Waals surface area contributed by atoms with Crippen LogP contribution in [-0.2, 0) is 0 Å². The number of hydrogen-bond acceptors (Lipinski definition) is 4. The number of nitrogens with one attached hydrogen (secondary N) is 1. The summed E-state index contributed by atoms with van der Waals surface area (Å²) in [5, 5.41) is 3.00. The fraction of sp³-hybridized carbons (Fsp3) is 0.611. The van der Waals surface area contributed by atoms with Gasteiger partial charge >= 0.3 is 0 Å². The minimum atomic E-state index is -0.0219. The van der Waals surface area contributed by atoms with Gasteiger partial charge in [-0.1, -0.05) is 13.0 Å². The average Bonchev–Trinajstić information content (AvgIpc) is 2.57. The van der Waals surface area contributed by atoms with Gasteiger partial charge in [-0.2, -0.15) is 0 Å². The van der Waals surface area contributed by atoms with Crippen LogP contribution in [0.2, 0.25) is 0 Å². The van der Waals surface area contributed by atoms with E-state index in [1.807, 2.05) is 19.1 Å². The van der Waals surface area contributed by atoms with Crippen molar-refractivity contribution in [2.45, 2.75) is 26.7 Å². The van der Waals surface area contributed by atoms with Gasteiger partial charge in [-0.3, -0.25) is 4.79 Å². The molecule has 0 aliphatic carbocycles. The molecule has 1 amide bonds. The van der Waals surface area contributed by atoms with Crippen LogP contribution in [0.1, 0.15) is 35.7 Å². The molecule has 1 aliphatic rings. The summed E-state index contributed by atoms with van der Waals surface area (Å²) in [5.41, 5.74) is 8.03. The molecule has 0 unspecified atom stereocenters. The van der Waals surface area contributed by atoms with Gasteiger partial charge in [0.2, 0.25) is 0 Å². The number of nitrogens with two attached hydrogens (primary N) is 1. The van der Waals surface area contributed by atoms with Gasteiger partial charge < -0.3 is 20.9 Å². The number of likely N-dealkylation sites (N-methyl/N-ethyl adjacent to an activating group) is 1. The molecule has 2 rings (SSSR count). The second kappa shape index (κ2) is 8.89. The highest BCUT2D eigenvalue weighted by molar-refractivity contribution is 5.96. The Bertz CT molecular complexity index is 510. The summed E-state index contributed by atoms with van der Waals surface area (Å²) in [7, 11) is 0. The summed E-state index contributed by atoms with van der Waals surface area (Å²) in [4.78, 5) is 17.2. The zero-order chi connectivity index (χ0) is 16.7. The highest BCUT2D eigenvalue weighted by Gasteiger charge is 2.14. The number of nitrogen functional groups attached to an aromatic ring is 1. The summed E-state index contributed by atoms with van der Waals surface area (Å²) in [5.74, 6) is -0.0219. The molecule has 0 spiro atoms. The first kappa shape index (κ1) is 17.8. The molecular weight excluding hydrogens is 288 g/mol. The van der Waals surface area contributed by atoms with Gasteiger partial charge in [-0.25, -0.2) is 0 Å². The molecule has 5 heteroatoms. The molecule has 1 saturated heterocycles. The smallest absolute Gasteiger partial charge is 0.251 e. The number of unbranched alkanes of at least 4 members (excludes halogenated alkanes) is 1. The number of amides is 1. The van der Waals surface area contributed by atoms with Crippen LogP contribution in [0.4, 0.5) is 5.69 Å². The number of anilines is 1. The van der Waals surface area contributed by atoms with Crippen LogP contribution in [0.5, 0.6) is 0 Å². The first-order chi connectivity index (χ1) is 11.1.